The molecule has 1 aromatic rings. The molecular weight excluding hydrogens is 220 g/mol. The highest BCUT2D eigenvalue weighted by atomic mass is 16.5. The van der Waals surface area contributed by atoms with Crippen LogP contribution >= 0.6 is 0 Å². The van der Waals surface area contributed by atoms with Gasteiger partial charge in [0.05, 0.1) is 18.8 Å². The first-order valence-corrected chi connectivity index (χ1v) is 5.41. The van der Waals surface area contributed by atoms with Crippen LogP contribution < -0.4 is 15.2 Å². The van der Waals surface area contributed by atoms with Crippen molar-refractivity contribution in [3.8, 4) is 17.6 Å². The summed E-state index contributed by atoms with van der Waals surface area (Å²) in [6, 6.07) is 2.14. The summed E-state index contributed by atoms with van der Waals surface area (Å²) in [5, 5.41) is 9.19. The molecule has 2 heterocycles. The average molecular weight is 230 g/mol. The fraction of sp³-hybridized carbons (Fsp3) is 0.333. The third-order valence-electron chi connectivity index (χ3n) is 3.16. The molecule has 17 heavy (non-hydrogen) atoms. The maximum absolute atomic E-state index is 11.5. The number of primary amides is 1. The number of ether oxygens (including phenoxy) is 2. The average Bonchev–Trinajstić information content (AvgIpc) is 2.92. The smallest absolute Gasteiger partial charge is 0.252 e. The highest BCUT2D eigenvalue weighted by molar-refractivity contribution is 5.99. The summed E-state index contributed by atoms with van der Waals surface area (Å²) in [5.74, 6) is 0.484. The lowest BCUT2D eigenvalue weighted by Crippen LogP contribution is -2.15. The number of hydrogen-bond donors (Lipinski definition) is 1. The normalized spacial score (nSPS) is 15.5. The van der Waals surface area contributed by atoms with Crippen molar-refractivity contribution in [2.75, 3.05) is 13.2 Å². The van der Waals surface area contributed by atoms with Gasteiger partial charge in [-0.05, 0) is 0 Å². The van der Waals surface area contributed by atoms with Crippen LogP contribution in [-0.2, 0) is 12.8 Å². The van der Waals surface area contributed by atoms with Crippen molar-refractivity contribution in [2.24, 2.45) is 5.73 Å². The highest BCUT2D eigenvalue weighted by Gasteiger charge is 2.33. The molecule has 0 atom stereocenters. The van der Waals surface area contributed by atoms with E-state index in [9.17, 15) is 10.1 Å². The second kappa shape index (κ2) is 3.39. The number of rotatable bonds is 1. The van der Waals surface area contributed by atoms with Crippen molar-refractivity contribution in [1.29, 1.82) is 5.26 Å². The van der Waals surface area contributed by atoms with E-state index in [1.54, 1.807) is 0 Å². The van der Waals surface area contributed by atoms with Crippen LogP contribution in [0.15, 0.2) is 0 Å². The predicted octanol–water partition coefficient (Wildman–Crippen LogP) is 0.527. The molecule has 0 saturated carbocycles. The third kappa shape index (κ3) is 1.21. The minimum Gasteiger partial charge on any atom is -0.492 e. The zero-order valence-corrected chi connectivity index (χ0v) is 9.08. The Bertz CT molecular complexity index is 537. The van der Waals surface area contributed by atoms with Crippen LogP contribution in [0, 0.1) is 11.3 Å². The zero-order chi connectivity index (χ0) is 12.0. The van der Waals surface area contributed by atoms with Gasteiger partial charge in [0.2, 0.25) is 0 Å². The fourth-order valence-electron chi connectivity index (χ4n) is 2.49. The van der Waals surface area contributed by atoms with Crippen molar-refractivity contribution in [2.45, 2.75) is 12.8 Å². The Labute approximate surface area is 97.7 Å². The quantitative estimate of drug-likeness (QED) is 0.762. The molecule has 86 valence electrons. The van der Waals surface area contributed by atoms with E-state index < -0.39 is 5.91 Å². The lowest BCUT2D eigenvalue weighted by Gasteiger charge is -2.11. The number of carbonyl (C=O) groups excluding carboxylic acids is 1. The van der Waals surface area contributed by atoms with E-state index in [2.05, 4.69) is 6.07 Å². The van der Waals surface area contributed by atoms with Gasteiger partial charge >= 0.3 is 0 Å². The molecule has 0 aromatic heterocycles. The molecule has 2 aliphatic rings. The van der Waals surface area contributed by atoms with Gasteiger partial charge in [-0.2, -0.15) is 5.26 Å². The van der Waals surface area contributed by atoms with Crippen molar-refractivity contribution >= 4 is 5.91 Å². The molecule has 0 unspecified atom stereocenters. The van der Waals surface area contributed by atoms with Crippen molar-refractivity contribution in [1.82, 2.24) is 0 Å². The number of carbonyl (C=O) groups is 1. The molecule has 5 heteroatoms. The molecule has 0 fully saturated rings. The molecule has 3 rings (SSSR count). The van der Waals surface area contributed by atoms with Crippen molar-refractivity contribution in [3.05, 3.63) is 22.3 Å². The third-order valence-corrected chi connectivity index (χ3v) is 3.16. The second-order valence-corrected chi connectivity index (χ2v) is 4.04. The molecule has 2 aliphatic heterocycles. The van der Waals surface area contributed by atoms with Crippen LogP contribution in [0.5, 0.6) is 11.5 Å². The Morgan fingerprint density at radius 3 is 2.47 bits per heavy atom. The fourth-order valence-corrected chi connectivity index (χ4v) is 2.49. The van der Waals surface area contributed by atoms with Crippen LogP contribution in [0.25, 0.3) is 0 Å². The van der Waals surface area contributed by atoms with E-state index in [1.807, 2.05) is 0 Å². The number of hydrogen-bond acceptors (Lipinski definition) is 4. The lowest BCUT2D eigenvalue weighted by atomic mass is 9.94. The Balaban J connectivity index is 2.39. The Morgan fingerprint density at radius 1 is 1.18 bits per heavy atom. The van der Waals surface area contributed by atoms with Gasteiger partial charge in [-0.3, -0.25) is 4.79 Å². The van der Waals surface area contributed by atoms with Gasteiger partial charge < -0.3 is 15.2 Å². The summed E-state index contributed by atoms with van der Waals surface area (Å²) < 4.78 is 10.9. The molecule has 0 radical (unpaired) electrons. The number of nitrogens with two attached hydrogens (primary N) is 1. The maximum atomic E-state index is 11.5. The minimum absolute atomic E-state index is 0.393. The molecule has 0 aliphatic carbocycles. The molecule has 0 spiro atoms. The van der Waals surface area contributed by atoms with Gasteiger partial charge in [0.15, 0.2) is 0 Å². The van der Waals surface area contributed by atoms with E-state index in [0.717, 1.165) is 11.1 Å². The van der Waals surface area contributed by atoms with Crippen molar-refractivity contribution in [3.63, 3.8) is 0 Å². The Kier molecular flexibility index (Phi) is 1.99. The molecular formula is C12H10N2O3. The minimum atomic E-state index is -0.519. The van der Waals surface area contributed by atoms with Crippen LogP contribution in [0.2, 0.25) is 0 Å². The summed E-state index contributed by atoms with van der Waals surface area (Å²) in [5.41, 5.74) is 7.75. The standard InChI is InChI=1S/C12H10N2O3/c13-5-8-6-1-3-17-11(6)9(12(14)15)7-2-4-16-10(7)8/h1-4H2,(H2,14,15). The first-order valence-electron chi connectivity index (χ1n) is 5.41. The van der Waals surface area contributed by atoms with Gasteiger partial charge in [0, 0.05) is 24.0 Å². The number of nitrogens with zero attached hydrogens (tertiary/aromatic N) is 1. The van der Waals surface area contributed by atoms with Gasteiger partial charge in [0.25, 0.3) is 5.91 Å². The monoisotopic (exact) mass is 230 g/mol. The summed E-state index contributed by atoms with van der Waals surface area (Å²) in [6.45, 7) is 0.959. The topological polar surface area (TPSA) is 85.3 Å². The summed E-state index contributed by atoms with van der Waals surface area (Å²) in [4.78, 5) is 11.5. The number of amides is 1. The SMILES string of the molecule is N#Cc1c2c(c(C(N)=O)c3c1OCC3)OCC2. The molecule has 1 aromatic carbocycles. The number of fused-ring (bicyclic) bond motifs is 2. The van der Waals surface area contributed by atoms with Crippen LogP contribution in [0.4, 0.5) is 0 Å². The summed E-state index contributed by atoms with van der Waals surface area (Å²) in [7, 11) is 0. The van der Waals surface area contributed by atoms with Crippen molar-refractivity contribution < 1.29 is 14.3 Å². The number of benzene rings is 1. The summed E-state index contributed by atoms with van der Waals surface area (Å²) in [6.07, 6.45) is 1.22. The predicted molar refractivity (Wildman–Crippen MR) is 58.1 cm³/mol. The van der Waals surface area contributed by atoms with E-state index in [0.29, 0.717) is 48.7 Å². The molecule has 0 saturated heterocycles. The van der Waals surface area contributed by atoms with E-state index in [-0.39, 0.29) is 0 Å². The van der Waals surface area contributed by atoms with E-state index in [1.165, 1.54) is 0 Å². The van der Waals surface area contributed by atoms with Gasteiger partial charge in [0.1, 0.15) is 23.1 Å². The van der Waals surface area contributed by atoms with Crippen LogP contribution in [-0.4, -0.2) is 19.1 Å². The van der Waals surface area contributed by atoms with Crippen LogP contribution in [0.1, 0.15) is 27.0 Å². The van der Waals surface area contributed by atoms with Crippen LogP contribution in [0.3, 0.4) is 0 Å². The Morgan fingerprint density at radius 2 is 1.82 bits per heavy atom. The van der Waals surface area contributed by atoms with Gasteiger partial charge in [-0.15, -0.1) is 0 Å². The molecule has 0 bridgehead atoms. The molecule has 5 nitrogen and oxygen atoms in total. The van der Waals surface area contributed by atoms with Gasteiger partial charge in [-0.1, -0.05) is 0 Å². The molecule has 2 N–H and O–H groups in total. The zero-order valence-electron chi connectivity index (χ0n) is 9.08. The maximum Gasteiger partial charge on any atom is 0.252 e. The van der Waals surface area contributed by atoms with E-state index in [4.69, 9.17) is 15.2 Å². The first kappa shape index (κ1) is 9.97. The molecule has 1 amide bonds. The number of nitriles is 1. The highest BCUT2D eigenvalue weighted by Crippen LogP contribution is 2.43. The summed E-state index contributed by atoms with van der Waals surface area (Å²) >= 11 is 0. The Hall–Kier alpha value is -2.22. The first-order chi connectivity index (χ1) is 8.24. The van der Waals surface area contributed by atoms with Gasteiger partial charge in [-0.25, -0.2) is 0 Å². The second-order valence-electron chi connectivity index (χ2n) is 4.04. The van der Waals surface area contributed by atoms with E-state index >= 15 is 0 Å². The largest absolute Gasteiger partial charge is 0.492 e. The lowest BCUT2D eigenvalue weighted by molar-refractivity contribution is 0.0996.